The number of halogens is 3. The Balaban J connectivity index is 1.67. The topological polar surface area (TPSA) is 101 Å². The van der Waals surface area contributed by atoms with Gasteiger partial charge >= 0.3 is 0 Å². The van der Waals surface area contributed by atoms with E-state index in [0.29, 0.717) is 12.8 Å². The van der Waals surface area contributed by atoms with Crippen molar-refractivity contribution in [3.05, 3.63) is 65.5 Å². The number of hydrogen-bond donors (Lipinski definition) is 2. The molecule has 0 amide bonds. The van der Waals surface area contributed by atoms with Gasteiger partial charge in [0.05, 0.1) is 11.6 Å². The van der Waals surface area contributed by atoms with E-state index in [0.717, 1.165) is 6.07 Å². The van der Waals surface area contributed by atoms with Gasteiger partial charge in [0.2, 0.25) is 0 Å². The van der Waals surface area contributed by atoms with Crippen molar-refractivity contribution in [1.82, 2.24) is 14.8 Å². The molecule has 2 heterocycles. The van der Waals surface area contributed by atoms with Crippen LogP contribution in [0.4, 0.5) is 19.0 Å². The predicted molar refractivity (Wildman–Crippen MR) is 116 cm³/mol. The molecule has 2 aromatic carbocycles. The van der Waals surface area contributed by atoms with Crippen LogP contribution in [0.25, 0.3) is 33.4 Å². The average Bonchev–Trinajstić information content (AvgIpc) is 3.08. The van der Waals surface area contributed by atoms with Crippen molar-refractivity contribution in [2.45, 2.75) is 31.4 Å². The van der Waals surface area contributed by atoms with Crippen LogP contribution in [0.1, 0.15) is 31.4 Å². The maximum absolute atomic E-state index is 15.6. The van der Waals surface area contributed by atoms with E-state index in [4.69, 9.17) is 5.73 Å². The lowest BCUT2D eigenvalue weighted by atomic mass is 9.77. The molecule has 0 aliphatic heterocycles. The Bertz CT molecular complexity index is 1460. The Hall–Kier alpha value is -3.90. The molecule has 1 aliphatic rings. The summed E-state index contributed by atoms with van der Waals surface area (Å²) in [6.45, 7) is 1.69. The zero-order valence-electron chi connectivity index (χ0n) is 17.5. The molecule has 1 aliphatic carbocycles. The van der Waals surface area contributed by atoms with Crippen LogP contribution < -0.4 is 5.73 Å². The molecule has 5 rings (SSSR count). The van der Waals surface area contributed by atoms with Gasteiger partial charge < -0.3 is 10.8 Å². The van der Waals surface area contributed by atoms with Crippen LogP contribution in [0.15, 0.2) is 42.5 Å². The highest BCUT2D eigenvalue weighted by atomic mass is 19.1. The molecule has 3 N–H and O–H groups in total. The summed E-state index contributed by atoms with van der Waals surface area (Å²) < 4.78 is 46.0. The second-order valence-corrected chi connectivity index (χ2v) is 8.52. The second-order valence-electron chi connectivity index (χ2n) is 8.52. The molecule has 0 saturated heterocycles. The van der Waals surface area contributed by atoms with Crippen LogP contribution in [0.5, 0.6) is 0 Å². The third kappa shape index (κ3) is 3.31. The lowest BCUT2D eigenvalue weighted by molar-refractivity contribution is -0.0535. The first kappa shape index (κ1) is 21.0. The summed E-state index contributed by atoms with van der Waals surface area (Å²) >= 11 is 0. The van der Waals surface area contributed by atoms with Crippen LogP contribution in [-0.4, -0.2) is 25.5 Å². The minimum absolute atomic E-state index is 0.00349. The van der Waals surface area contributed by atoms with Gasteiger partial charge in [-0.1, -0.05) is 18.2 Å². The molecule has 1 fully saturated rings. The van der Waals surface area contributed by atoms with E-state index in [1.807, 2.05) is 6.07 Å². The minimum Gasteiger partial charge on any atom is -0.390 e. The molecule has 4 aromatic rings. The number of aromatic nitrogens is 3. The van der Waals surface area contributed by atoms with Gasteiger partial charge in [0.15, 0.2) is 5.82 Å². The molecule has 6 nitrogen and oxygen atoms in total. The Morgan fingerprint density at radius 1 is 1.09 bits per heavy atom. The number of fused-ring (bicyclic) bond motifs is 1. The normalized spacial score (nSPS) is 19.9. The number of nitriles is 1. The van der Waals surface area contributed by atoms with Gasteiger partial charge in [0.1, 0.15) is 46.0 Å². The summed E-state index contributed by atoms with van der Waals surface area (Å²) in [5.41, 5.74) is 4.66. The van der Waals surface area contributed by atoms with Crippen molar-refractivity contribution >= 4 is 16.7 Å². The zero-order chi connectivity index (χ0) is 23.5. The van der Waals surface area contributed by atoms with E-state index < -0.39 is 23.1 Å². The zero-order valence-corrected chi connectivity index (χ0v) is 17.5. The van der Waals surface area contributed by atoms with Gasteiger partial charge in [-0.05, 0) is 44.0 Å². The van der Waals surface area contributed by atoms with Crippen LogP contribution in [-0.2, 0) is 0 Å². The molecule has 33 heavy (non-hydrogen) atoms. The van der Waals surface area contributed by atoms with E-state index in [1.165, 1.54) is 41.1 Å². The largest absolute Gasteiger partial charge is 0.390 e. The van der Waals surface area contributed by atoms with Gasteiger partial charge in [0.25, 0.3) is 0 Å². The lowest BCUT2D eigenvalue weighted by Gasteiger charge is -2.41. The Morgan fingerprint density at radius 2 is 1.82 bits per heavy atom. The highest BCUT2D eigenvalue weighted by molar-refractivity contribution is 5.88. The van der Waals surface area contributed by atoms with Crippen molar-refractivity contribution < 1.29 is 18.3 Å². The van der Waals surface area contributed by atoms with E-state index in [9.17, 15) is 19.1 Å². The fourth-order valence-corrected chi connectivity index (χ4v) is 4.36. The van der Waals surface area contributed by atoms with Gasteiger partial charge in [-0.3, -0.25) is 0 Å². The quantitative estimate of drug-likeness (QED) is 0.471. The van der Waals surface area contributed by atoms with Gasteiger partial charge in [-0.15, -0.1) is 0 Å². The smallest absolute Gasteiger partial charge is 0.158 e. The number of hydrogen-bond acceptors (Lipinski definition) is 5. The summed E-state index contributed by atoms with van der Waals surface area (Å²) in [5.74, 6) is -2.23. The number of pyridine rings is 1. The number of benzene rings is 2. The fraction of sp³-hybridized carbons (Fsp3) is 0.208. The van der Waals surface area contributed by atoms with Crippen LogP contribution >= 0.6 is 0 Å². The highest BCUT2D eigenvalue weighted by Crippen LogP contribution is 2.43. The molecule has 0 radical (unpaired) electrons. The molecule has 0 spiro atoms. The Labute approximate surface area is 186 Å². The number of nitrogen functional groups attached to an aromatic ring is 1. The molecular weight excluding hydrogens is 431 g/mol. The first-order valence-electron chi connectivity index (χ1n) is 10.2. The molecule has 0 bridgehead atoms. The third-order valence-electron chi connectivity index (χ3n) is 6.02. The molecule has 0 atom stereocenters. The molecule has 9 heteroatoms. The number of rotatable bonds is 3. The Kier molecular flexibility index (Phi) is 4.65. The number of nitrogens with zero attached hydrogens (tertiary/aromatic N) is 4. The molecule has 1 saturated carbocycles. The second kappa shape index (κ2) is 7.32. The molecule has 166 valence electrons. The van der Waals surface area contributed by atoms with Crippen molar-refractivity contribution in [3.8, 4) is 28.6 Å². The number of nitrogens with two attached hydrogens (primary N) is 1. The molecular formula is C24H18F3N5O. The van der Waals surface area contributed by atoms with E-state index >= 15 is 4.39 Å². The van der Waals surface area contributed by atoms with Crippen LogP contribution in [0.2, 0.25) is 0 Å². The van der Waals surface area contributed by atoms with E-state index in [2.05, 4.69) is 10.1 Å². The van der Waals surface area contributed by atoms with Gasteiger partial charge in [0, 0.05) is 16.5 Å². The summed E-state index contributed by atoms with van der Waals surface area (Å²) in [6.07, 6.45) is 0.798. The molecule has 0 unspecified atom stereocenters. The van der Waals surface area contributed by atoms with E-state index in [-0.39, 0.29) is 50.8 Å². The molecule has 2 aromatic heterocycles. The average molecular weight is 449 g/mol. The third-order valence-corrected chi connectivity index (χ3v) is 6.02. The maximum atomic E-state index is 15.6. The predicted octanol–water partition coefficient (Wildman–Crippen LogP) is 4.72. The standard InChI is InChI=1S/C24H18F3N5O/c1-24(33)9-13(10-24)32-23(29)16(11-28)21(31-32)15-7-6-12-8-18(26)22(30-20(12)19(15)27)14-4-2-3-5-17(14)25/h2-8,13,33H,9-10,29H2,1H3. The van der Waals surface area contributed by atoms with Gasteiger partial charge in [-0.25, -0.2) is 22.8 Å². The maximum Gasteiger partial charge on any atom is 0.158 e. The summed E-state index contributed by atoms with van der Waals surface area (Å²) in [5, 5.41) is 24.2. The van der Waals surface area contributed by atoms with Crippen LogP contribution in [0, 0.1) is 28.8 Å². The summed E-state index contributed by atoms with van der Waals surface area (Å²) in [7, 11) is 0. The van der Waals surface area contributed by atoms with E-state index in [1.54, 1.807) is 6.92 Å². The number of anilines is 1. The number of aliphatic hydroxyl groups is 1. The highest BCUT2D eigenvalue weighted by Gasteiger charge is 2.41. The van der Waals surface area contributed by atoms with Crippen molar-refractivity contribution in [2.24, 2.45) is 0 Å². The summed E-state index contributed by atoms with van der Waals surface area (Å²) in [4.78, 5) is 4.09. The lowest BCUT2D eigenvalue weighted by Crippen LogP contribution is -2.42. The van der Waals surface area contributed by atoms with Crippen LogP contribution in [0.3, 0.4) is 0 Å². The Morgan fingerprint density at radius 3 is 2.48 bits per heavy atom. The first-order chi connectivity index (χ1) is 15.7. The monoisotopic (exact) mass is 449 g/mol. The fourth-order valence-electron chi connectivity index (χ4n) is 4.36. The summed E-state index contributed by atoms with van der Waals surface area (Å²) in [6, 6.07) is 11.2. The van der Waals surface area contributed by atoms with Crippen molar-refractivity contribution in [3.63, 3.8) is 0 Å². The SMILES string of the molecule is CC1(O)CC(n2nc(-c3ccc4cc(F)c(-c5ccccc5F)nc4c3F)c(C#N)c2N)C1. The van der Waals surface area contributed by atoms with Crippen molar-refractivity contribution in [2.75, 3.05) is 5.73 Å². The first-order valence-corrected chi connectivity index (χ1v) is 10.2. The van der Waals surface area contributed by atoms with Crippen molar-refractivity contribution in [1.29, 1.82) is 5.26 Å². The van der Waals surface area contributed by atoms with Gasteiger partial charge in [-0.2, -0.15) is 10.4 Å². The minimum atomic E-state index is -0.846.